The second kappa shape index (κ2) is 3.65. The van der Waals surface area contributed by atoms with Crippen LogP contribution in [0.2, 0.25) is 0 Å². The predicted molar refractivity (Wildman–Crippen MR) is 54.0 cm³/mol. The summed E-state index contributed by atoms with van der Waals surface area (Å²) in [5.41, 5.74) is 0. The second-order valence-electron chi connectivity index (χ2n) is 3.23. The van der Waals surface area contributed by atoms with Crippen molar-refractivity contribution < 1.29 is 0 Å². The Labute approximate surface area is 83.2 Å². The van der Waals surface area contributed by atoms with E-state index in [1.807, 2.05) is 31.7 Å². The first-order valence-electron chi connectivity index (χ1n) is 4.79. The highest BCUT2D eigenvalue weighted by Gasteiger charge is 2.03. The molecule has 2 heterocycles. The van der Waals surface area contributed by atoms with E-state index in [0.29, 0.717) is 0 Å². The normalized spacial score (nSPS) is 10.7. The molecule has 0 fully saturated rings. The fourth-order valence-corrected chi connectivity index (χ4v) is 1.50. The summed E-state index contributed by atoms with van der Waals surface area (Å²) >= 11 is 0. The summed E-state index contributed by atoms with van der Waals surface area (Å²) in [6.07, 6.45) is 7.63. The molecule has 0 N–H and O–H groups in total. The topological polar surface area (TPSA) is 35.6 Å². The minimum absolute atomic E-state index is 0.798. The lowest BCUT2D eigenvalue weighted by atomic mass is 10.5. The van der Waals surface area contributed by atoms with E-state index in [0.717, 1.165) is 24.7 Å². The van der Waals surface area contributed by atoms with Gasteiger partial charge >= 0.3 is 0 Å². The van der Waals surface area contributed by atoms with Gasteiger partial charge in [0.25, 0.3) is 0 Å². The summed E-state index contributed by atoms with van der Waals surface area (Å²) in [4.78, 5) is 8.50. The SMILES string of the molecule is CCn1ccnc1Cn1ccnc1C. The predicted octanol–water partition coefficient (Wildman–Crippen LogP) is 1.46. The lowest BCUT2D eigenvalue weighted by Crippen LogP contribution is -2.08. The number of hydrogen-bond donors (Lipinski definition) is 0. The molecule has 2 aromatic heterocycles. The Balaban J connectivity index is 2.22. The van der Waals surface area contributed by atoms with Gasteiger partial charge in [0, 0.05) is 31.3 Å². The van der Waals surface area contributed by atoms with Gasteiger partial charge in [-0.3, -0.25) is 0 Å². The van der Waals surface area contributed by atoms with Crippen LogP contribution >= 0.6 is 0 Å². The molecule has 0 saturated carbocycles. The number of aryl methyl sites for hydroxylation is 2. The maximum atomic E-state index is 4.32. The van der Waals surface area contributed by atoms with Crippen molar-refractivity contribution in [3.05, 3.63) is 36.4 Å². The number of hydrogen-bond acceptors (Lipinski definition) is 2. The van der Waals surface area contributed by atoms with Crippen LogP contribution in [0.4, 0.5) is 0 Å². The average Bonchev–Trinajstić information content (AvgIpc) is 2.77. The van der Waals surface area contributed by atoms with E-state index >= 15 is 0 Å². The molecule has 74 valence electrons. The molecule has 0 aliphatic carbocycles. The molecule has 14 heavy (non-hydrogen) atoms. The van der Waals surface area contributed by atoms with Crippen molar-refractivity contribution in [2.75, 3.05) is 0 Å². The maximum Gasteiger partial charge on any atom is 0.128 e. The van der Waals surface area contributed by atoms with Gasteiger partial charge in [0.1, 0.15) is 11.6 Å². The molecule has 0 atom stereocenters. The standard InChI is InChI=1S/C10H14N4/c1-3-13-6-5-12-10(13)8-14-7-4-11-9(14)2/h4-7H,3,8H2,1-2H3. The van der Waals surface area contributed by atoms with Crippen LogP contribution in [-0.4, -0.2) is 19.1 Å². The molecule has 4 nitrogen and oxygen atoms in total. The summed E-state index contributed by atoms with van der Waals surface area (Å²) in [6, 6.07) is 0. The number of rotatable bonds is 3. The monoisotopic (exact) mass is 190 g/mol. The van der Waals surface area contributed by atoms with Crippen LogP contribution in [0.1, 0.15) is 18.6 Å². The molecule has 0 aliphatic heterocycles. The summed E-state index contributed by atoms with van der Waals surface area (Å²) in [5, 5.41) is 0. The van der Waals surface area contributed by atoms with Gasteiger partial charge in [0.15, 0.2) is 0 Å². The van der Waals surface area contributed by atoms with Gasteiger partial charge in [-0.2, -0.15) is 0 Å². The van der Waals surface area contributed by atoms with E-state index in [9.17, 15) is 0 Å². The third-order valence-corrected chi connectivity index (χ3v) is 2.38. The zero-order chi connectivity index (χ0) is 9.97. The lowest BCUT2D eigenvalue weighted by Gasteiger charge is -2.06. The van der Waals surface area contributed by atoms with E-state index in [1.165, 1.54) is 0 Å². The zero-order valence-electron chi connectivity index (χ0n) is 8.51. The van der Waals surface area contributed by atoms with E-state index in [2.05, 4.69) is 26.0 Å². The van der Waals surface area contributed by atoms with Gasteiger partial charge in [-0.15, -0.1) is 0 Å². The Bertz CT molecular complexity index is 413. The lowest BCUT2D eigenvalue weighted by molar-refractivity contribution is 0.641. The summed E-state index contributed by atoms with van der Waals surface area (Å²) in [7, 11) is 0. The Kier molecular flexibility index (Phi) is 2.35. The van der Waals surface area contributed by atoms with Gasteiger partial charge in [-0.05, 0) is 13.8 Å². The molecule has 0 radical (unpaired) electrons. The van der Waals surface area contributed by atoms with Crippen molar-refractivity contribution in [3.63, 3.8) is 0 Å². The van der Waals surface area contributed by atoms with Crippen molar-refractivity contribution in [2.24, 2.45) is 0 Å². The molecular weight excluding hydrogens is 176 g/mol. The molecule has 0 spiro atoms. The van der Waals surface area contributed by atoms with E-state index < -0.39 is 0 Å². The van der Waals surface area contributed by atoms with Crippen LogP contribution in [0.3, 0.4) is 0 Å². The number of aromatic nitrogens is 4. The van der Waals surface area contributed by atoms with Crippen molar-refractivity contribution >= 4 is 0 Å². The van der Waals surface area contributed by atoms with Crippen LogP contribution in [0, 0.1) is 6.92 Å². The molecule has 0 saturated heterocycles. The van der Waals surface area contributed by atoms with Gasteiger partial charge in [0.05, 0.1) is 6.54 Å². The molecular formula is C10H14N4. The molecule has 0 aromatic carbocycles. The van der Waals surface area contributed by atoms with E-state index in [-0.39, 0.29) is 0 Å². The third-order valence-electron chi connectivity index (χ3n) is 2.38. The third kappa shape index (κ3) is 1.55. The minimum Gasteiger partial charge on any atom is -0.334 e. The Morgan fingerprint density at radius 1 is 1.14 bits per heavy atom. The highest BCUT2D eigenvalue weighted by atomic mass is 15.1. The number of imidazole rings is 2. The molecule has 2 aromatic rings. The molecule has 2 rings (SSSR count). The molecule has 0 unspecified atom stereocenters. The van der Waals surface area contributed by atoms with E-state index in [1.54, 1.807) is 0 Å². The van der Waals surface area contributed by atoms with Crippen LogP contribution in [0.15, 0.2) is 24.8 Å². The van der Waals surface area contributed by atoms with Crippen molar-refractivity contribution in [3.8, 4) is 0 Å². The molecule has 0 aliphatic rings. The highest BCUT2D eigenvalue weighted by molar-refractivity contribution is 4.97. The minimum atomic E-state index is 0.798. The first-order valence-corrected chi connectivity index (χ1v) is 4.79. The van der Waals surface area contributed by atoms with E-state index in [4.69, 9.17) is 0 Å². The zero-order valence-corrected chi connectivity index (χ0v) is 8.51. The first-order chi connectivity index (χ1) is 6.81. The van der Waals surface area contributed by atoms with Crippen LogP contribution in [-0.2, 0) is 13.1 Å². The Hall–Kier alpha value is -1.58. The first kappa shape index (κ1) is 8.99. The molecule has 0 bridgehead atoms. The summed E-state index contributed by atoms with van der Waals surface area (Å²) in [6.45, 7) is 5.88. The molecule has 0 amide bonds. The van der Waals surface area contributed by atoms with Crippen LogP contribution in [0.25, 0.3) is 0 Å². The largest absolute Gasteiger partial charge is 0.334 e. The maximum absolute atomic E-state index is 4.32. The summed E-state index contributed by atoms with van der Waals surface area (Å²) in [5.74, 6) is 2.10. The Morgan fingerprint density at radius 3 is 2.50 bits per heavy atom. The van der Waals surface area contributed by atoms with Crippen LogP contribution in [0.5, 0.6) is 0 Å². The van der Waals surface area contributed by atoms with Crippen molar-refractivity contribution in [1.82, 2.24) is 19.1 Å². The van der Waals surface area contributed by atoms with Crippen molar-refractivity contribution in [2.45, 2.75) is 26.9 Å². The van der Waals surface area contributed by atoms with Crippen molar-refractivity contribution in [1.29, 1.82) is 0 Å². The van der Waals surface area contributed by atoms with Crippen LogP contribution < -0.4 is 0 Å². The van der Waals surface area contributed by atoms with Gasteiger partial charge in [-0.1, -0.05) is 0 Å². The second-order valence-corrected chi connectivity index (χ2v) is 3.23. The summed E-state index contributed by atoms with van der Waals surface area (Å²) < 4.78 is 4.23. The fraction of sp³-hybridized carbons (Fsp3) is 0.400. The molecule has 4 heteroatoms. The smallest absolute Gasteiger partial charge is 0.128 e. The fourth-order valence-electron chi connectivity index (χ4n) is 1.50. The average molecular weight is 190 g/mol. The van der Waals surface area contributed by atoms with Gasteiger partial charge in [0.2, 0.25) is 0 Å². The van der Waals surface area contributed by atoms with Gasteiger partial charge < -0.3 is 9.13 Å². The Morgan fingerprint density at radius 2 is 1.86 bits per heavy atom. The van der Waals surface area contributed by atoms with Gasteiger partial charge in [-0.25, -0.2) is 9.97 Å². The number of nitrogens with zero attached hydrogens (tertiary/aromatic N) is 4. The highest BCUT2D eigenvalue weighted by Crippen LogP contribution is 2.03. The quantitative estimate of drug-likeness (QED) is 0.734.